The van der Waals surface area contributed by atoms with Crippen LogP contribution < -0.4 is 63.8 Å². The van der Waals surface area contributed by atoms with E-state index in [4.69, 9.17) is 34.8 Å². The summed E-state index contributed by atoms with van der Waals surface area (Å²) >= 11 is 18.1. The lowest BCUT2D eigenvalue weighted by Crippen LogP contribution is -2.07. The fraction of sp³-hybridized carbons (Fsp3) is 0.0500. The number of para-hydroxylation sites is 2. The summed E-state index contributed by atoms with van der Waals surface area (Å²) in [7, 11) is 0. The lowest BCUT2D eigenvalue weighted by Gasteiger charge is -2.12. The van der Waals surface area contributed by atoms with Gasteiger partial charge in [-0.3, -0.25) is 19.2 Å². The van der Waals surface area contributed by atoms with Crippen LogP contribution in [-0.2, 0) is 19.2 Å². The topological polar surface area (TPSA) is 316 Å². The third-order valence-electron chi connectivity index (χ3n) is 14.5. The Bertz CT molecular complexity index is 5150. The molecule has 0 bridgehead atoms. The van der Waals surface area contributed by atoms with Gasteiger partial charge in [-0.2, -0.15) is 19.9 Å². The van der Waals surface area contributed by atoms with Crippen LogP contribution in [0.25, 0.3) is 0 Å². The first kappa shape index (κ1) is 77.4. The smallest absolute Gasteiger partial charge is 0.247 e. The highest BCUT2D eigenvalue weighted by atomic mass is 35.5. The van der Waals surface area contributed by atoms with Gasteiger partial charge >= 0.3 is 0 Å². The van der Waals surface area contributed by atoms with E-state index in [2.05, 4.69) is 130 Å². The number of halogens is 3. The summed E-state index contributed by atoms with van der Waals surface area (Å²) in [6.07, 6.45) is 11.8. The van der Waals surface area contributed by atoms with E-state index in [-0.39, 0.29) is 23.6 Å². The summed E-state index contributed by atoms with van der Waals surface area (Å²) in [5.41, 5.74) is 12.6. The normalized spacial score (nSPS) is 10.1. The predicted octanol–water partition coefficient (Wildman–Crippen LogP) is 19.5. The zero-order chi connectivity index (χ0) is 76.0. The Morgan fingerprint density at radius 2 is 0.570 bits per heavy atom. The van der Waals surface area contributed by atoms with Gasteiger partial charge in [-0.15, -0.1) is 0 Å². The van der Waals surface area contributed by atoms with Gasteiger partial charge in [-0.25, -0.2) is 19.9 Å². The Kier molecular flexibility index (Phi) is 28.2. The van der Waals surface area contributed by atoms with E-state index >= 15 is 0 Å². The summed E-state index contributed by atoms with van der Waals surface area (Å²) in [4.78, 5) is 81.1. The molecule has 0 aliphatic carbocycles. The van der Waals surface area contributed by atoms with Crippen LogP contribution >= 0.6 is 34.8 Å². The van der Waals surface area contributed by atoms with Crippen molar-refractivity contribution >= 4 is 174 Å². The standard InChI is InChI=1S/3C20H18ClN5O.C20H19N5O/c1-3-18(27)23-16-8-5-9-17(11-16)24-19-13(2)12-22-20(26-19)25-15-7-4-6-14(21)10-15;1-3-18(27)23-14-7-6-8-15(11-14)24-19-13(2)12-22-20(26-19)25-17-10-5-4-9-16(17)21;1-3-18(27)23-16-5-4-6-17(11-16)24-19-13(2)12-22-20(26-19)25-15-9-7-14(21)8-10-15;1-3-18(26)22-16-10-7-11-17(12-16)23-19-14(2)13-21-20(25-19)24-15-8-5-4-6-9-15/h3*3-12H,1H2,2H3,(H,23,27)(H2,22,24,25,26);3-13H,1H2,2H3,(H,22,26)(H2,21,23,24,25). The molecule has 12 rings (SSSR count). The molecule has 0 radical (unpaired) electrons. The maximum atomic E-state index is 11.5. The minimum Gasteiger partial charge on any atom is -0.340 e. The van der Waals surface area contributed by atoms with Crippen LogP contribution in [0, 0.1) is 27.7 Å². The molecule has 538 valence electrons. The fourth-order valence-electron chi connectivity index (χ4n) is 9.23. The number of carbonyl (C=O) groups excluding carboxylic acids is 4. The lowest BCUT2D eigenvalue weighted by atomic mass is 10.2. The summed E-state index contributed by atoms with van der Waals surface area (Å²) < 4.78 is 0. The number of hydrogen-bond acceptors (Lipinski definition) is 20. The van der Waals surface area contributed by atoms with E-state index in [1.165, 1.54) is 24.3 Å². The molecular weight excluding hydrogens is 1410 g/mol. The molecule has 0 spiro atoms. The van der Waals surface area contributed by atoms with Crippen LogP contribution in [0.3, 0.4) is 0 Å². The van der Waals surface area contributed by atoms with Gasteiger partial charge in [-0.05, 0) is 192 Å². The largest absolute Gasteiger partial charge is 0.340 e. The van der Waals surface area contributed by atoms with Crippen LogP contribution in [0.5, 0.6) is 0 Å². The van der Waals surface area contributed by atoms with Crippen molar-refractivity contribution in [2.75, 3.05) is 63.8 Å². The monoisotopic (exact) mass is 1480 g/mol. The van der Waals surface area contributed by atoms with Crippen molar-refractivity contribution in [2.24, 2.45) is 0 Å². The van der Waals surface area contributed by atoms with Gasteiger partial charge in [0.25, 0.3) is 0 Å². The maximum absolute atomic E-state index is 11.5. The number of hydrogen-bond donors (Lipinski definition) is 12. The Morgan fingerprint density at radius 1 is 0.290 bits per heavy atom. The number of rotatable bonds is 24. The Hall–Kier alpha value is -13.8. The van der Waals surface area contributed by atoms with Crippen molar-refractivity contribution in [1.82, 2.24) is 39.9 Å². The number of amides is 4. The van der Waals surface area contributed by atoms with Crippen LogP contribution in [-0.4, -0.2) is 63.5 Å². The molecule has 0 atom stereocenters. The molecule has 24 nitrogen and oxygen atoms in total. The van der Waals surface area contributed by atoms with Crippen LogP contribution in [0.1, 0.15) is 22.3 Å². The van der Waals surface area contributed by atoms with Gasteiger partial charge in [0.05, 0.1) is 10.7 Å². The van der Waals surface area contributed by atoms with Crippen molar-refractivity contribution in [1.29, 1.82) is 0 Å². The average molecular weight is 1480 g/mol. The van der Waals surface area contributed by atoms with Gasteiger partial charge in [0.15, 0.2) is 0 Å². The second-order valence-electron chi connectivity index (χ2n) is 22.9. The van der Waals surface area contributed by atoms with Gasteiger partial charge in [0.2, 0.25) is 47.4 Å². The lowest BCUT2D eigenvalue weighted by molar-refractivity contribution is -0.112. The van der Waals surface area contributed by atoms with Gasteiger partial charge in [0, 0.05) is 120 Å². The van der Waals surface area contributed by atoms with Crippen molar-refractivity contribution in [3.63, 3.8) is 0 Å². The van der Waals surface area contributed by atoms with Gasteiger partial charge in [0.1, 0.15) is 23.3 Å². The molecule has 0 saturated carbocycles. The van der Waals surface area contributed by atoms with Crippen molar-refractivity contribution in [2.45, 2.75) is 27.7 Å². The molecule has 107 heavy (non-hydrogen) atoms. The van der Waals surface area contributed by atoms with E-state index in [0.717, 1.165) is 67.8 Å². The first-order chi connectivity index (χ1) is 51.7. The summed E-state index contributed by atoms with van der Waals surface area (Å²) in [5, 5.41) is 38.3. The Labute approximate surface area is 633 Å². The molecule has 0 fully saturated rings. The fourth-order valence-corrected chi connectivity index (χ4v) is 9.72. The highest BCUT2D eigenvalue weighted by Crippen LogP contribution is 2.30. The van der Waals surface area contributed by atoms with Crippen molar-refractivity contribution < 1.29 is 19.2 Å². The van der Waals surface area contributed by atoms with Crippen LogP contribution in [0.15, 0.2) is 276 Å². The molecular formula is C80H73Cl3N20O4. The molecule has 12 N–H and O–H groups in total. The zero-order valence-electron chi connectivity index (χ0n) is 58.3. The average Bonchev–Trinajstić information content (AvgIpc) is 0.854. The number of aryl methyl sites for hydroxylation is 4. The van der Waals surface area contributed by atoms with Crippen molar-refractivity contribution in [3.05, 3.63) is 313 Å². The number of nitrogens with zero attached hydrogens (tertiary/aromatic N) is 8. The quantitative estimate of drug-likeness (QED) is 0.0250. The third-order valence-corrected chi connectivity index (χ3v) is 15.3. The molecule has 12 aromatic rings. The predicted molar refractivity (Wildman–Crippen MR) is 435 cm³/mol. The number of nitrogens with one attached hydrogen (secondary N) is 12. The molecule has 8 aromatic carbocycles. The molecule has 0 aliphatic heterocycles. The van der Waals surface area contributed by atoms with Crippen LogP contribution in [0.4, 0.5) is 115 Å². The molecule has 0 unspecified atom stereocenters. The third kappa shape index (κ3) is 25.0. The van der Waals surface area contributed by atoms with E-state index in [1.54, 1.807) is 73.3 Å². The first-order valence-electron chi connectivity index (χ1n) is 32.7. The summed E-state index contributed by atoms with van der Waals surface area (Å²) in [5.74, 6) is 3.42. The minimum absolute atomic E-state index is 0.255. The number of anilines is 20. The minimum atomic E-state index is -0.267. The second kappa shape index (κ2) is 39.0. The van der Waals surface area contributed by atoms with Gasteiger partial charge in [-0.1, -0.05) is 122 Å². The molecule has 0 aliphatic rings. The summed E-state index contributed by atoms with van der Waals surface area (Å²) in [6, 6.07) is 61.1. The van der Waals surface area contributed by atoms with E-state index in [1.807, 2.05) is 179 Å². The highest BCUT2D eigenvalue weighted by Gasteiger charge is 2.13. The Balaban J connectivity index is 0.000000165. The van der Waals surface area contributed by atoms with E-state index in [0.29, 0.717) is 84.9 Å². The molecule has 4 aromatic heterocycles. The molecule has 27 heteroatoms. The highest BCUT2D eigenvalue weighted by molar-refractivity contribution is 6.33. The second-order valence-corrected chi connectivity index (χ2v) is 24.1. The molecule has 4 heterocycles. The van der Waals surface area contributed by atoms with Crippen molar-refractivity contribution in [3.8, 4) is 0 Å². The molecule has 4 amide bonds. The van der Waals surface area contributed by atoms with Gasteiger partial charge < -0.3 is 63.8 Å². The Morgan fingerprint density at radius 3 is 0.907 bits per heavy atom. The number of carbonyl (C=O) groups is 4. The zero-order valence-corrected chi connectivity index (χ0v) is 60.6. The van der Waals surface area contributed by atoms with Crippen LogP contribution in [0.2, 0.25) is 15.1 Å². The van der Waals surface area contributed by atoms with E-state index in [9.17, 15) is 19.2 Å². The number of benzene rings is 8. The van der Waals surface area contributed by atoms with E-state index < -0.39 is 0 Å². The summed E-state index contributed by atoms with van der Waals surface area (Å²) in [6.45, 7) is 21.5. The maximum Gasteiger partial charge on any atom is 0.247 e. The number of aromatic nitrogens is 8. The first-order valence-corrected chi connectivity index (χ1v) is 33.8. The molecule has 0 saturated heterocycles. The SMILES string of the molecule is C=CC(=O)Nc1cccc(Nc2nc(Nc3ccc(Cl)cc3)ncc2C)c1.C=CC(=O)Nc1cccc(Nc2nc(Nc3cccc(Cl)c3)ncc2C)c1.C=CC(=O)Nc1cccc(Nc2nc(Nc3ccccc3)ncc2C)c1.C=CC(=O)Nc1cccc(Nc2nc(Nc3ccccc3Cl)ncc2C)c1.